The van der Waals surface area contributed by atoms with E-state index in [9.17, 15) is 15.0 Å². The van der Waals surface area contributed by atoms with Gasteiger partial charge in [-0.15, -0.1) is 0 Å². The smallest absolute Gasteiger partial charge is 0.309 e. The number of aliphatic hydroxyl groups is 1. The first-order chi connectivity index (χ1) is 7.75. The number of carbonyl (C=O) groups is 1. The molecule has 95 valence electrons. The highest BCUT2D eigenvalue weighted by molar-refractivity contribution is 5.76. The molecule has 17 heavy (non-hydrogen) atoms. The molecule has 4 fully saturated rings. The third-order valence-corrected chi connectivity index (χ3v) is 5.33. The van der Waals surface area contributed by atoms with Crippen molar-refractivity contribution in [1.29, 1.82) is 0 Å². The van der Waals surface area contributed by atoms with Crippen molar-refractivity contribution in [2.45, 2.75) is 45.4 Å². The van der Waals surface area contributed by atoms with Gasteiger partial charge < -0.3 is 10.2 Å². The Morgan fingerprint density at radius 1 is 1.18 bits per heavy atom. The van der Waals surface area contributed by atoms with Crippen LogP contribution in [-0.2, 0) is 4.79 Å². The molecule has 0 aromatic heterocycles. The molecule has 0 spiro atoms. The Balaban J connectivity index is 2.10. The Labute approximate surface area is 102 Å². The van der Waals surface area contributed by atoms with Crippen molar-refractivity contribution in [3.63, 3.8) is 0 Å². The fourth-order valence-electron chi connectivity index (χ4n) is 6.00. The molecule has 2 N–H and O–H groups in total. The van der Waals surface area contributed by atoms with Gasteiger partial charge in [0.15, 0.2) is 0 Å². The van der Waals surface area contributed by atoms with Crippen molar-refractivity contribution in [2.75, 3.05) is 6.61 Å². The minimum absolute atomic E-state index is 0.0671. The van der Waals surface area contributed by atoms with Gasteiger partial charge in [0.1, 0.15) is 0 Å². The van der Waals surface area contributed by atoms with Gasteiger partial charge in [-0.1, -0.05) is 6.92 Å². The van der Waals surface area contributed by atoms with Crippen LogP contribution in [0.3, 0.4) is 0 Å². The van der Waals surface area contributed by atoms with Crippen LogP contribution in [0.2, 0.25) is 0 Å². The van der Waals surface area contributed by atoms with Crippen molar-refractivity contribution in [1.82, 2.24) is 0 Å². The zero-order valence-electron chi connectivity index (χ0n) is 10.5. The van der Waals surface area contributed by atoms with Crippen LogP contribution in [0.1, 0.15) is 45.4 Å². The molecule has 0 aromatic rings. The van der Waals surface area contributed by atoms with Gasteiger partial charge in [-0.2, -0.15) is 0 Å². The molecule has 4 atom stereocenters. The predicted octanol–water partition coefficient (Wildman–Crippen LogP) is 2.24. The van der Waals surface area contributed by atoms with Gasteiger partial charge in [0, 0.05) is 6.61 Å². The molecular formula is C14H21O3. The average Bonchev–Trinajstić information content (AvgIpc) is 2.11. The molecule has 4 bridgehead atoms. The fourth-order valence-corrected chi connectivity index (χ4v) is 6.00. The second-order valence-electron chi connectivity index (χ2n) is 7.61. The number of hydrogen-bond acceptors (Lipinski definition) is 2. The summed E-state index contributed by atoms with van der Waals surface area (Å²) in [6.07, 6.45) is 5.03. The van der Waals surface area contributed by atoms with Gasteiger partial charge in [0.25, 0.3) is 0 Å². The van der Waals surface area contributed by atoms with Crippen LogP contribution >= 0.6 is 0 Å². The number of aliphatic hydroxyl groups excluding tert-OH is 1. The Kier molecular flexibility index (Phi) is 1.95. The van der Waals surface area contributed by atoms with E-state index in [0.717, 1.165) is 25.7 Å². The first-order valence-electron chi connectivity index (χ1n) is 6.44. The Bertz CT molecular complexity index is 369. The standard InChI is InChI=1S/C14H21O3/c1-11-3-12(2)5-13(4-11,9-15)8-14(6-11,7-12)10(16)17/h15H,1,3-9H2,2H3,(H,16,17). The summed E-state index contributed by atoms with van der Waals surface area (Å²) in [5.74, 6) is -0.673. The highest BCUT2D eigenvalue weighted by atomic mass is 16.4. The highest BCUT2D eigenvalue weighted by Crippen LogP contribution is 2.73. The maximum atomic E-state index is 11.7. The van der Waals surface area contributed by atoms with Gasteiger partial charge in [-0.05, 0) is 61.7 Å². The van der Waals surface area contributed by atoms with E-state index in [4.69, 9.17) is 0 Å². The Morgan fingerprint density at radius 3 is 2.41 bits per heavy atom. The minimum Gasteiger partial charge on any atom is -0.481 e. The Hall–Kier alpha value is -0.570. The SMILES string of the molecule is [CH2]C12CC3(C)CC(CO)(C1)CC(C(=O)O)(C2)C3. The maximum Gasteiger partial charge on any atom is 0.309 e. The number of hydrogen-bond donors (Lipinski definition) is 2. The molecule has 4 aliphatic carbocycles. The van der Waals surface area contributed by atoms with Crippen LogP contribution in [0.15, 0.2) is 0 Å². The molecule has 4 saturated carbocycles. The van der Waals surface area contributed by atoms with Gasteiger partial charge >= 0.3 is 5.97 Å². The highest BCUT2D eigenvalue weighted by Gasteiger charge is 2.67. The molecule has 4 aliphatic rings. The zero-order chi connectivity index (χ0) is 12.5. The van der Waals surface area contributed by atoms with Crippen molar-refractivity contribution in [3.05, 3.63) is 6.92 Å². The molecule has 0 saturated heterocycles. The summed E-state index contributed by atoms with van der Waals surface area (Å²) in [5.41, 5.74) is -0.847. The summed E-state index contributed by atoms with van der Waals surface area (Å²) >= 11 is 0. The minimum atomic E-state index is -0.673. The molecule has 3 nitrogen and oxygen atoms in total. The van der Waals surface area contributed by atoms with Gasteiger partial charge in [-0.25, -0.2) is 0 Å². The zero-order valence-corrected chi connectivity index (χ0v) is 10.5. The van der Waals surface area contributed by atoms with Crippen LogP contribution in [0, 0.1) is 28.6 Å². The predicted molar refractivity (Wildman–Crippen MR) is 63.2 cm³/mol. The van der Waals surface area contributed by atoms with Crippen LogP contribution in [0.5, 0.6) is 0 Å². The van der Waals surface area contributed by atoms with Crippen molar-refractivity contribution >= 4 is 5.97 Å². The van der Waals surface area contributed by atoms with Crippen LogP contribution in [0.25, 0.3) is 0 Å². The summed E-state index contributed by atoms with van der Waals surface area (Å²) < 4.78 is 0. The topological polar surface area (TPSA) is 57.5 Å². The first kappa shape index (κ1) is 11.5. The summed E-state index contributed by atoms with van der Waals surface area (Å²) in [6.45, 7) is 6.63. The molecule has 4 rings (SSSR count). The molecule has 0 heterocycles. The molecule has 4 unspecified atom stereocenters. The third kappa shape index (κ3) is 1.41. The van der Waals surface area contributed by atoms with Crippen LogP contribution < -0.4 is 0 Å². The summed E-state index contributed by atoms with van der Waals surface area (Å²) in [5, 5.41) is 19.3. The molecule has 1 radical (unpaired) electrons. The van der Waals surface area contributed by atoms with Gasteiger partial charge in [0.2, 0.25) is 0 Å². The van der Waals surface area contributed by atoms with E-state index in [1.807, 2.05) is 0 Å². The lowest BCUT2D eigenvalue weighted by atomic mass is 9.36. The average molecular weight is 237 g/mol. The quantitative estimate of drug-likeness (QED) is 0.774. The lowest BCUT2D eigenvalue weighted by Gasteiger charge is -2.68. The maximum absolute atomic E-state index is 11.7. The van der Waals surface area contributed by atoms with E-state index in [2.05, 4.69) is 13.8 Å². The van der Waals surface area contributed by atoms with E-state index in [-0.39, 0.29) is 22.9 Å². The third-order valence-electron chi connectivity index (χ3n) is 5.33. The van der Waals surface area contributed by atoms with Gasteiger partial charge in [-0.3, -0.25) is 4.79 Å². The molecule has 0 aromatic carbocycles. The van der Waals surface area contributed by atoms with Crippen molar-refractivity contribution < 1.29 is 15.0 Å². The molecule has 0 amide bonds. The second kappa shape index (κ2) is 2.87. The summed E-state index contributed by atoms with van der Waals surface area (Å²) in [6, 6.07) is 0. The number of carboxylic acids is 1. The summed E-state index contributed by atoms with van der Waals surface area (Å²) in [4.78, 5) is 11.7. The number of rotatable bonds is 2. The second-order valence-corrected chi connectivity index (χ2v) is 7.61. The molecule has 0 aliphatic heterocycles. The molecular weight excluding hydrogens is 216 g/mol. The fraction of sp³-hybridized carbons (Fsp3) is 0.857. The largest absolute Gasteiger partial charge is 0.481 e. The van der Waals surface area contributed by atoms with Crippen LogP contribution in [0.4, 0.5) is 0 Å². The van der Waals surface area contributed by atoms with E-state index < -0.39 is 11.4 Å². The van der Waals surface area contributed by atoms with Gasteiger partial charge in [0.05, 0.1) is 5.41 Å². The summed E-state index contributed by atoms with van der Waals surface area (Å²) in [7, 11) is 0. The number of aliphatic carboxylic acids is 1. The van der Waals surface area contributed by atoms with Crippen molar-refractivity contribution in [3.8, 4) is 0 Å². The normalized spacial score (nSPS) is 56.2. The monoisotopic (exact) mass is 237 g/mol. The van der Waals surface area contributed by atoms with Crippen LogP contribution in [-0.4, -0.2) is 22.8 Å². The van der Waals surface area contributed by atoms with Crippen molar-refractivity contribution in [2.24, 2.45) is 21.7 Å². The van der Waals surface area contributed by atoms with E-state index in [1.165, 1.54) is 0 Å². The molecule has 3 heteroatoms. The van der Waals surface area contributed by atoms with E-state index >= 15 is 0 Å². The lowest BCUT2D eigenvalue weighted by molar-refractivity contribution is -0.209. The van der Waals surface area contributed by atoms with E-state index in [1.54, 1.807) is 0 Å². The van der Waals surface area contributed by atoms with E-state index in [0.29, 0.717) is 12.8 Å². The first-order valence-corrected chi connectivity index (χ1v) is 6.44. The Morgan fingerprint density at radius 2 is 1.88 bits per heavy atom. The number of carboxylic acid groups (broad SMARTS) is 1. The lowest BCUT2D eigenvalue weighted by Crippen LogP contribution is -2.62.